The molecular weight excluding hydrogens is 865 g/mol. The van der Waals surface area contributed by atoms with E-state index in [1.54, 1.807) is 47.6 Å². The topological polar surface area (TPSA) is 189 Å². The first-order chi connectivity index (χ1) is 31.0. The maximum Gasteiger partial charge on any atom is 0.347 e. The van der Waals surface area contributed by atoms with Gasteiger partial charge in [-0.05, 0) is 124 Å². The van der Waals surface area contributed by atoms with E-state index in [0.717, 1.165) is 24.8 Å². The third kappa shape index (κ3) is 14.0. The summed E-state index contributed by atoms with van der Waals surface area (Å²) in [7, 11) is 0. The van der Waals surface area contributed by atoms with Crippen molar-refractivity contribution in [3.63, 3.8) is 0 Å². The van der Waals surface area contributed by atoms with E-state index < -0.39 is 94.3 Å². The predicted octanol–water partition coefficient (Wildman–Crippen LogP) is 8.21. The summed E-state index contributed by atoms with van der Waals surface area (Å²) in [5.41, 5.74) is -9.13. The Morgan fingerprint density at radius 2 is 1.49 bits per heavy atom. The van der Waals surface area contributed by atoms with Crippen LogP contribution in [-0.4, -0.2) is 106 Å². The second kappa shape index (κ2) is 22.1. The highest BCUT2D eigenvalue weighted by Gasteiger charge is 2.87. The van der Waals surface area contributed by atoms with Gasteiger partial charge < -0.3 is 47.7 Å². The Labute approximate surface area is 397 Å². The molecule has 1 unspecified atom stereocenters. The van der Waals surface area contributed by atoms with Crippen molar-refractivity contribution in [3.8, 4) is 0 Å². The number of hydrogen-bond donors (Lipinski definition) is 1. The van der Waals surface area contributed by atoms with Crippen molar-refractivity contribution >= 4 is 29.8 Å². The Bertz CT molecular complexity index is 1920. The Hall–Kier alpha value is -4.15. The van der Waals surface area contributed by atoms with Crippen molar-refractivity contribution < 1.29 is 71.7 Å². The number of rotatable bonds is 19. The van der Waals surface area contributed by atoms with Gasteiger partial charge >= 0.3 is 29.8 Å². The van der Waals surface area contributed by atoms with Gasteiger partial charge in [0.25, 0.3) is 5.60 Å². The smallest absolute Gasteiger partial charge is 0.347 e. The first-order valence-electron chi connectivity index (χ1n) is 23.8. The zero-order valence-corrected chi connectivity index (χ0v) is 42.4. The molecule has 11 atom stereocenters. The van der Waals surface area contributed by atoms with Crippen LogP contribution in [0, 0.1) is 17.8 Å². The van der Waals surface area contributed by atoms with Gasteiger partial charge in [0.1, 0.15) is 22.9 Å². The zero-order valence-electron chi connectivity index (χ0n) is 42.4. The summed E-state index contributed by atoms with van der Waals surface area (Å²) in [6, 6.07) is 9.65. The first kappa shape index (κ1) is 55.4. The van der Waals surface area contributed by atoms with Crippen LogP contribution in [0.4, 0.5) is 0 Å². The van der Waals surface area contributed by atoms with Gasteiger partial charge in [-0.15, -0.1) is 0 Å². The lowest BCUT2D eigenvalue weighted by atomic mass is 9.74. The molecule has 3 saturated heterocycles. The lowest BCUT2D eigenvalue weighted by Crippen LogP contribution is -2.79. The van der Waals surface area contributed by atoms with E-state index in [-0.39, 0.29) is 24.7 Å². The standard InChI is InChI=1S/C52H78O15/c1-16-32(2)30-33(3)25-26-38(54)61-42-41(62-39-24-20-21-29-59-39)50(28-27-34(4)40(60-36(6)53)35(5)31-37-22-18-17-19-23-37)63-43(44(55)64-47(7,8)9)51(58,45(56)65-48(10,11)12)52(42,67-50)46(57)66-49(13,14)15/h17-19,22-23,25-26,32-33,35,39-43,58H,4,16,20-21,24,27-31H2,1-3,5-15H3/b26-25+/t32-,33+,35+,39?,40+,41+,42+,43+,50-,51+,52-/m0/s1. The average Bonchev–Trinajstić information content (AvgIpc) is 3.44. The van der Waals surface area contributed by atoms with Crippen molar-refractivity contribution in [1.82, 2.24) is 0 Å². The summed E-state index contributed by atoms with van der Waals surface area (Å²) in [4.78, 5) is 72.2. The summed E-state index contributed by atoms with van der Waals surface area (Å²) in [6.07, 6.45) is -1.66. The largest absolute Gasteiger partial charge is 0.458 e. The maximum atomic E-state index is 15.5. The second-order valence-corrected chi connectivity index (χ2v) is 21.6. The van der Waals surface area contributed by atoms with E-state index >= 15 is 9.59 Å². The SMILES string of the molecule is C=C(CC[C@]12O[C@H](C(=O)OC(C)(C)C)[C@@](O)(C(=O)OC(C)(C)C)[C@](C(=O)OC(C)(C)C)(O1)[C@H](OC(=O)/C=C/[C@@H](C)C[C@@H](C)CC)[C@H]2OC1CCCCO1)[C@@H](OC(C)=O)[C@H](C)Cc1ccccc1. The van der Waals surface area contributed by atoms with Crippen molar-refractivity contribution in [3.05, 3.63) is 60.2 Å². The Kier molecular flexibility index (Phi) is 18.3. The van der Waals surface area contributed by atoms with E-state index in [0.29, 0.717) is 37.4 Å². The molecule has 0 amide bonds. The van der Waals surface area contributed by atoms with Crippen LogP contribution in [0.15, 0.2) is 54.6 Å². The first-order valence-corrected chi connectivity index (χ1v) is 23.8. The molecule has 1 aromatic rings. The fourth-order valence-electron chi connectivity index (χ4n) is 8.75. The van der Waals surface area contributed by atoms with Crippen molar-refractivity contribution in [2.45, 2.75) is 213 Å². The number of ether oxygens (including phenoxy) is 9. The molecule has 3 aliphatic heterocycles. The molecule has 0 saturated carbocycles. The highest BCUT2D eigenvalue weighted by Crippen LogP contribution is 2.58. The summed E-state index contributed by atoms with van der Waals surface area (Å²) in [6.45, 7) is 28.0. The summed E-state index contributed by atoms with van der Waals surface area (Å²) >= 11 is 0. The van der Waals surface area contributed by atoms with Crippen molar-refractivity contribution in [1.29, 1.82) is 0 Å². The minimum Gasteiger partial charge on any atom is -0.458 e. The number of allylic oxidation sites excluding steroid dienone is 1. The fraction of sp³-hybridized carbons (Fsp3) is 0.712. The number of benzene rings is 1. The van der Waals surface area contributed by atoms with Gasteiger partial charge in [0.05, 0.1) is 0 Å². The predicted molar refractivity (Wildman–Crippen MR) is 248 cm³/mol. The molecular formula is C52H78O15. The highest BCUT2D eigenvalue weighted by atomic mass is 16.8. The fourth-order valence-corrected chi connectivity index (χ4v) is 8.75. The molecule has 4 rings (SSSR count). The monoisotopic (exact) mass is 943 g/mol. The number of carbonyl (C=O) groups is 5. The minimum atomic E-state index is -3.49. The molecule has 1 N–H and O–H groups in total. The summed E-state index contributed by atoms with van der Waals surface area (Å²) in [5, 5.41) is 13.5. The number of carbonyl (C=O) groups excluding carboxylic acids is 5. The lowest BCUT2D eigenvalue weighted by molar-refractivity contribution is -0.384. The Morgan fingerprint density at radius 1 is 0.881 bits per heavy atom. The molecule has 3 heterocycles. The molecule has 15 nitrogen and oxygen atoms in total. The van der Waals surface area contributed by atoms with Crippen molar-refractivity contribution in [2.75, 3.05) is 6.61 Å². The van der Waals surface area contributed by atoms with Crippen LogP contribution >= 0.6 is 0 Å². The molecule has 0 radical (unpaired) electrons. The third-order valence-electron chi connectivity index (χ3n) is 11.9. The van der Waals surface area contributed by atoms with E-state index in [4.69, 9.17) is 42.6 Å². The van der Waals surface area contributed by atoms with Gasteiger partial charge in [-0.25, -0.2) is 19.2 Å². The summed E-state index contributed by atoms with van der Waals surface area (Å²) < 4.78 is 56.4. The van der Waals surface area contributed by atoms with Gasteiger partial charge in [0, 0.05) is 31.9 Å². The molecule has 376 valence electrons. The van der Waals surface area contributed by atoms with Crippen LogP contribution in [0.25, 0.3) is 0 Å². The Morgan fingerprint density at radius 3 is 2.04 bits per heavy atom. The zero-order chi connectivity index (χ0) is 50.3. The summed E-state index contributed by atoms with van der Waals surface area (Å²) in [5.74, 6) is -8.09. The van der Waals surface area contributed by atoms with Crippen LogP contribution in [0.1, 0.15) is 147 Å². The van der Waals surface area contributed by atoms with Gasteiger partial charge in [0.15, 0.2) is 18.5 Å². The quantitative estimate of drug-likeness (QED) is 0.0604. The van der Waals surface area contributed by atoms with Gasteiger partial charge in [0.2, 0.25) is 17.5 Å². The molecule has 3 fully saturated rings. The molecule has 3 aliphatic rings. The average molecular weight is 943 g/mol. The van der Waals surface area contributed by atoms with E-state index in [9.17, 15) is 19.5 Å². The maximum absolute atomic E-state index is 15.5. The second-order valence-electron chi connectivity index (χ2n) is 21.6. The molecule has 0 aromatic heterocycles. The van der Waals surface area contributed by atoms with E-state index in [1.165, 1.54) is 33.8 Å². The molecule has 0 spiro atoms. The minimum absolute atomic E-state index is 0.0746. The number of aliphatic hydroxyl groups is 1. The van der Waals surface area contributed by atoms with Crippen molar-refractivity contribution in [2.24, 2.45) is 17.8 Å². The normalized spacial score (nSPS) is 28.4. The number of hydrogen-bond acceptors (Lipinski definition) is 15. The van der Waals surface area contributed by atoms with Crippen LogP contribution in [-0.2, 0) is 73.0 Å². The lowest BCUT2D eigenvalue weighted by Gasteiger charge is -2.51. The van der Waals surface area contributed by atoms with Crippen LogP contribution in [0.3, 0.4) is 0 Å². The molecule has 15 heteroatoms. The number of fused-ring (bicyclic) bond motifs is 2. The van der Waals surface area contributed by atoms with Gasteiger partial charge in [-0.1, -0.05) is 77.1 Å². The molecule has 2 bridgehead atoms. The van der Waals surface area contributed by atoms with E-state index in [1.807, 2.05) is 44.2 Å². The van der Waals surface area contributed by atoms with Crippen LogP contribution in [0.5, 0.6) is 0 Å². The molecule has 1 aromatic carbocycles. The molecule has 0 aliphatic carbocycles. The number of esters is 5. The van der Waals surface area contributed by atoms with Crippen LogP contribution < -0.4 is 0 Å². The molecule has 67 heavy (non-hydrogen) atoms. The van der Waals surface area contributed by atoms with Gasteiger partial charge in [-0.3, -0.25) is 4.79 Å². The van der Waals surface area contributed by atoms with Gasteiger partial charge in [-0.2, -0.15) is 0 Å². The van der Waals surface area contributed by atoms with Crippen LogP contribution in [0.2, 0.25) is 0 Å². The third-order valence-corrected chi connectivity index (χ3v) is 11.9. The van der Waals surface area contributed by atoms with E-state index in [2.05, 4.69) is 20.4 Å². The Balaban J connectivity index is 2.04. The highest BCUT2D eigenvalue weighted by molar-refractivity contribution is 6.00.